The van der Waals surface area contributed by atoms with E-state index >= 15 is 0 Å². The predicted octanol–water partition coefficient (Wildman–Crippen LogP) is 1.69. The van der Waals surface area contributed by atoms with Gasteiger partial charge in [0.25, 0.3) is 0 Å². The van der Waals surface area contributed by atoms with Crippen LogP contribution in [-0.2, 0) is 10.0 Å². The molecule has 2 N–H and O–H groups in total. The van der Waals surface area contributed by atoms with Crippen molar-refractivity contribution in [3.05, 3.63) is 18.3 Å². The molecule has 1 aromatic carbocycles. The number of anilines is 1. The molecule has 1 aliphatic heterocycles. The third-order valence-corrected chi connectivity index (χ3v) is 7.92. The molecule has 166 valence electrons. The quantitative estimate of drug-likeness (QED) is 0.621. The van der Waals surface area contributed by atoms with Crippen LogP contribution in [-0.4, -0.2) is 73.8 Å². The molecular weight excluding hydrogens is 418 g/mol. The molecule has 0 radical (unpaired) electrons. The van der Waals surface area contributed by atoms with Crippen LogP contribution in [0.15, 0.2) is 18.3 Å². The van der Waals surface area contributed by atoms with Crippen molar-refractivity contribution in [2.45, 2.75) is 56.7 Å². The molecule has 1 saturated heterocycles. The molecule has 0 bridgehead atoms. The fourth-order valence-electron chi connectivity index (χ4n) is 4.84. The highest BCUT2D eigenvalue weighted by Crippen LogP contribution is 2.40. The molecule has 2 aliphatic rings. The average Bonchev–Trinajstić information content (AvgIpc) is 3.30. The summed E-state index contributed by atoms with van der Waals surface area (Å²) in [4.78, 5) is 9.24. The molecule has 0 unspecified atom stereocenters. The van der Waals surface area contributed by atoms with E-state index in [9.17, 15) is 13.5 Å². The van der Waals surface area contributed by atoms with E-state index in [1.165, 1.54) is 10.6 Å². The molecule has 10 nitrogen and oxygen atoms in total. The van der Waals surface area contributed by atoms with E-state index in [1.54, 1.807) is 6.20 Å². The molecular formula is C20H27N7O3S. The lowest BCUT2D eigenvalue weighted by Gasteiger charge is -2.30. The second kappa shape index (κ2) is 7.35. The molecule has 1 aliphatic carbocycles. The Morgan fingerprint density at radius 3 is 2.68 bits per heavy atom. The zero-order valence-corrected chi connectivity index (χ0v) is 18.5. The standard InChI is InChI=1S/C20H27N7O3S/c1-20(28)9-3-4-16(20)27-18-15(24-25-27)6-5-13-12-21-19(23-17(13)18)22-14-7-10-26(11-8-14)31(2,29)30/h5-6,12,14,16,28H,3-4,7-11H2,1-2H3,(H,21,22,23)/t16-,20-/m1/s1. The average molecular weight is 446 g/mol. The molecule has 11 heteroatoms. The number of benzene rings is 1. The fourth-order valence-corrected chi connectivity index (χ4v) is 5.71. The number of aromatic nitrogens is 5. The van der Waals surface area contributed by atoms with Gasteiger partial charge < -0.3 is 10.4 Å². The third-order valence-electron chi connectivity index (χ3n) is 6.61. The Bertz CT molecular complexity index is 1230. The first-order chi connectivity index (χ1) is 14.7. The van der Waals surface area contributed by atoms with E-state index in [0.29, 0.717) is 31.9 Å². The summed E-state index contributed by atoms with van der Waals surface area (Å²) in [5.74, 6) is 0.503. The summed E-state index contributed by atoms with van der Waals surface area (Å²) in [7, 11) is -3.15. The minimum Gasteiger partial charge on any atom is -0.388 e. The van der Waals surface area contributed by atoms with Crippen molar-refractivity contribution in [2.24, 2.45) is 0 Å². The summed E-state index contributed by atoms with van der Waals surface area (Å²) in [6.07, 6.45) is 6.94. The van der Waals surface area contributed by atoms with E-state index in [2.05, 4.69) is 20.6 Å². The van der Waals surface area contributed by atoms with Gasteiger partial charge in [-0.15, -0.1) is 5.10 Å². The Kier molecular flexibility index (Phi) is 4.87. The minimum absolute atomic E-state index is 0.105. The maximum atomic E-state index is 11.7. The number of piperidine rings is 1. The van der Waals surface area contributed by atoms with Crippen molar-refractivity contribution in [1.82, 2.24) is 29.3 Å². The summed E-state index contributed by atoms with van der Waals surface area (Å²) in [6.45, 7) is 2.83. The minimum atomic E-state index is -3.15. The van der Waals surface area contributed by atoms with Gasteiger partial charge in [0.05, 0.1) is 17.9 Å². The van der Waals surface area contributed by atoms with Crippen molar-refractivity contribution in [1.29, 1.82) is 0 Å². The summed E-state index contributed by atoms with van der Waals surface area (Å²) in [5, 5.41) is 23.7. The van der Waals surface area contributed by atoms with Crippen molar-refractivity contribution >= 4 is 37.9 Å². The predicted molar refractivity (Wildman–Crippen MR) is 117 cm³/mol. The molecule has 2 aromatic heterocycles. The summed E-state index contributed by atoms with van der Waals surface area (Å²) in [5.41, 5.74) is 1.46. The van der Waals surface area contributed by atoms with Gasteiger partial charge in [-0.1, -0.05) is 5.21 Å². The number of nitrogens with one attached hydrogen (secondary N) is 1. The summed E-state index contributed by atoms with van der Waals surface area (Å²) < 4.78 is 26.8. The van der Waals surface area contributed by atoms with E-state index in [0.717, 1.165) is 41.2 Å². The van der Waals surface area contributed by atoms with Crippen molar-refractivity contribution in [3.63, 3.8) is 0 Å². The zero-order chi connectivity index (χ0) is 21.8. The number of hydrogen-bond donors (Lipinski definition) is 2. The van der Waals surface area contributed by atoms with Crippen LogP contribution in [0.25, 0.3) is 21.9 Å². The van der Waals surface area contributed by atoms with Gasteiger partial charge in [0.15, 0.2) is 0 Å². The number of nitrogens with zero attached hydrogens (tertiary/aromatic N) is 6. The van der Waals surface area contributed by atoms with Crippen LogP contribution in [0.4, 0.5) is 5.95 Å². The van der Waals surface area contributed by atoms with Crippen LogP contribution in [0.3, 0.4) is 0 Å². The highest BCUT2D eigenvalue weighted by atomic mass is 32.2. The topological polar surface area (TPSA) is 126 Å². The van der Waals surface area contributed by atoms with Gasteiger partial charge in [-0.05, 0) is 51.2 Å². The van der Waals surface area contributed by atoms with Gasteiger partial charge in [-0.25, -0.2) is 27.4 Å². The Morgan fingerprint density at radius 2 is 2.00 bits per heavy atom. The Morgan fingerprint density at radius 1 is 1.23 bits per heavy atom. The van der Waals surface area contributed by atoms with Gasteiger partial charge in [0.1, 0.15) is 16.6 Å². The molecule has 2 atom stereocenters. The first-order valence-electron chi connectivity index (χ1n) is 10.7. The van der Waals surface area contributed by atoms with Crippen molar-refractivity contribution in [2.75, 3.05) is 24.7 Å². The van der Waals surface area contributed by atoms with E-state index in [1.807, 2.05) is 23.7 Å². The Labute approximate surface area is 180 Å². The maximum absolute atomic E-state index is 11.7. The lowest BCUT2D eigenvalue weighted by Crippen LogP contribution is -2.42. The first-order valence-corrected chi connectivity index (χ1v) is 12.5. The fraction of sp³-hybridized carbons (Fsp3) is 0.600. The maximum Gasteiger partial charge on any atom is 0.223 e. The summed E-state index contributed by atoms with van der Waals surface area (Å²) in [6, 6.07) is 3.79. The van der Waals surface area contributed by atoms with E-state index < -0.39 is 15.6 Å². The number of fused-ring (bicyclic) bond motifs is 3. The monoisotopic (exact) mass is 445 g/mol. The number of sulfonamides is 1. The van der Waals surface area contributed by atoms with Gasteiger partial charge in [0, 0.05) is 30.7 Å². The zero-order valence-electron chi connectivity index (χ0n) is 17.7. The van der Waals surface area contributed by atoms with Crippen LogP contribution < -0.4 is 5.32 Å². The highest BCUT2D eigenvalue weighted by molar-refractivity contribution is 7.88. The first kappa shape index (κ1) is 20.5. The molecule has 1 saturated carbocycles. The second-order valence-corrected chi connectivity index (χ2v) is 10.9. The van der Waals surface area contributed by atoms with Crippen molar-refractivity contribution < 1.29 is 13.5 Å². The van der Waals surface area contributed by atoms with Crippen LogP contribution in [0, 0.1) is 0 Å². The highest BCUT2D eigenvalue weighted by Gasteiger charge is 2.40. The third kappa shape index (κ3) is 3.74. The summed E-state index contributed by atoms with van der Waals surface area (Å²) >= 11 is 0. The molecule has 2 fully saturated rings. The molecule has 3 aromatic rings. The lowest BCUT2D eigenvalue weighted by molar-refractivity contribution is 0.0231. The van der Waals surface area contributed by atoms with Crippen LogP contribution in [0.1, 0.15) is 45.1 Å². The van der Waals surface area contributed by atoms with Crippen LogP contribution in [0.5, 0.6) is 0 Å². The van der Waals surface area contributed by atoms with Gasteiger partial charge >= 0.3 is 0 Å². The molecule has 3 heterocycles. The lowest BCUT2D eigenvalue weighted by atomic mass is 10.0. The number of hydrogen-bond acceptors (Lipinski definition) is 8. The van der Waals surface area contributed by atoms with Crippen LogP contribution in [0.2, 0.25) is 0 Å². The Hall–Kier alpha value is -2.37. The molecule has 0 spiro atoms. The van der Waals surface area contributed by atoms with Crippen molar-refractivity contribution in [3.8, 4) is 0 Å². The molecule has 0 amide bonds. The normalized spacial score (nSPS) is 26.1. The van der Waals surface area contributed by atoms with E-state index in [4.69, 9.17) is 4.98 Å². The number of rotatable bonds is 4. The van der Waals surface area contributed by atoms with Crippen LogP contribution >= 0.6 is 0 Å². The van der Waals surface area contributed by atoms with Gasteiger partial charge in [-0.2, -0.15) is 0 Å². The smallest absolute Gasteiger partial charge is 0.223 e. The number of aliphatic hydroxyl groups is 1. The Balaban J connectivity index is 1.47. The second-order valence-electron chi connectivity index (χ2n) is 8.94. The van der Waals surface area contributed by atoms with Gasteiger partial charge in [0.2, 0.25) is 16.0 Å². The van der Waals surface area contributed by atoms with Gasteiger partial charge in [-0.3, -0.25) is 0 Å². The molecule has 5 rings (SSSR count). The van der Waals surface area contributed by atoms with E-state index in [-0.39, 0.29) is 12.1 Å². The molecule has 31 heavy (non-hydrogen) atoms. The largest absolute Gasteiger partial charge is 0.388 e. The SMILES string of the molecule is C[C@@]1(O)CCC[C@H]1n1nnc2ccc3cnc(NC4CCN(S(C)(=O)=O)CC4)nc3c21.